The van der Waals surface area contributed by atoms with Gasteiger partial charge in [0.05, 0.1) is 17.1 Å². The molecule has 0 aliphatic heterocycles. The molecular weight excluding hydrogens is 374 g/mol. The number of rotatable bonds is 10. The summed E-state index contributed by atoms with van der Waals surface area (Å²) in [7, 11) is -3.13. The van der Waals surface area contributed by atoms with Crippen LogP contribution in [-0.2, 0) is 16.6 Å². The smallest absolute Gasteiger partial charge is 0.211 e. The molecule has 0 fully saturated rings. The molecule has 0 spiro atoms. The molecule has 0 bridgehead atoms. The minimum atomic E-state index is -3.13. The molecule has 0 saturated carbocycles. The van der Waals surface area contributed by atoms with Gasteiger partial charge in [0.25, 0.3) is 0 Å². The Balaban J connectivity index is 1.67. The lowest BCUT2D eigenvalue weighted by Gasteiger charge is -2.06. The predicted molar refractivity (Wildman–Crippen MR) is 111 cm³/mol. The fraction of sp³-hybridized carbons (Fsp3) is 0.300. The quantitative estimate of drug-likeness (QED) is 0.511. The number of nitrogens with zero attached hydrogens (tertiary/aromatic N) is 3. The van der Waals surface area contributed by atoms with Gasteiger partial charge in [0.1, 0.15) is 0 Å². The zero-order chi connectivity index (χ0) is 19.8. The van der Waals surface area contributed by atoms with E-state index in [2.05, 4.69) is 15.0 Å². The highest BCUT2D eigenvalue weighted by Crippen LogP contribution is 2.22. The number of para-hydroxylation sites is 1. The van der Waals surface area contributed by atoms with Gasteiger partial charge in [0.2, 0.25) is 10.0 Å². The van der Waals surface area contributed by atoms with Gasteiger partial charge in [-0.2, -0.15) is 5.10 Å². The summed E-state index contributed by atoms with van der Waals surface area (Å²) in [5.41, 5.74) is 3.90. The third kappa shape index (κ3) is 5.48. The van der Waals surface area contributed by atoms with Crippen LogP contribution in [0.4, 0.5) is 0 Å². The molecule has 148 valence electrons. The Morgan fingerprint density at radius 3 is 2.61 bits per heavy atom. The van der Waals surface area contributed by atoms with Gasteiger partial charge in [-0.3, -0.25) is 4.98 Å². The summed E-state index contributed by atoms with van der Waals surface area (Å²) in [5, 5.41) is 8.13. The number of hydrogen-bond acceptors (Lipinski definition) is 5. The zero-order valence-corrected chi connectivity index (χ0v) is 16.7. The molecule has 0 atom stereocenters. The second kappa shape index (κ2) is 9.59. The van der Waals surface area contributed by atoms with Crippen molar-refractivity contribution in [2.75, 3.05) is 18.8 Å². The van der Waals surface area contributed by atoms with Crippen LogP contribution < -0.4 is 10.0 Å². The Morgan fingerprint density at radius 1 is 1.07 bits per heavy atom. The van der Waals surface area contributed by atoms with Gasteiger partial charge < -0.3 is 5.32 Å². The second-order valence-corrected chi connectivity index (χ2v) is 8.45. The van der Waals surface area contributed by atoms with Crippen LogP contribution in [0.15, 0.2) is 61.1 Å². The molecule has 2 aromatic heterocycles. The monoisotopic (exact) mass is 399 g/mol. The van der Waals surface area contributed by atoms with Crippen molar-refractivity contribution in [1.29, 1.82) is 0 Å². The van der Waals surface area contributed by atoms with Gasteiger partial charge in [-0.1, -0.05) is 18.2 Å². The van der Waals surface area contributed by atoms with Gasteiger partial charge in [-0.25, -0.2) is 17.8 Å². The standard InChI is InChI=1S/C20H25N5O2S/c1-2-28(26,27)23-13-7-12-22-15-18-16-25(19-9-4-3-5-10-19)24-20(18)17-8-6-11-21-14-17/h3-6,8-11,14,16,22-23H,2,7,12-13,15H2,1H3. The molecular formula is C20H25N5O2S. The maximum absolute atomic E-state index is 11.4. The highest BCUT2D eigenvalue weighted by atomic mass is 32.2. The van der Waals surface area contributed by atoms with Crippen molar-refractivity contribution in [3.05, 3.63) is 66.6 Å². The van der Waals surface area contributed by atoms with Crippen molar-refractivity contribution >= 4 is 10.0 Å². The molecule has 0 amide bonds. The number of pyridine rings is 1. The molecule has 0 aliphatic rings. The van der Waals surface area contributed by atoms with Crippen molar-refractivity contribution < 1.29 is 8.42 Å². The predicted octanol–water partition coefficient (Wildman–Crippen LogP) is 2.35. The van der Waals surface area contributed by atoms with Crippen molar-refractivity contribution in [3.8, 4) is 16.9 Å². The third-order valence-electron chi connectivity index (χ3n) is 4.29. The van der Waals surface area contributed by atoms with Gasteiger partial charge in [0.15, 0.2) is 0 Å². The average molecular weight is 400 g/mol. The van der Waals surface area contributed by atoms with Crippen molar-refractivity contribution in [3.63, 3.8) is 0 Å². The molecule has 2 heterocycles. The van der Waals surface area contributed by atoms with Crippen LogP contribution in [0, 0.1) is 0 Å². The van der Waals surface area contributed by atoms with Gasteiger partial charge >= 0.3 is 0 Å². The fourth-order valence-electron chi connectivity index (χ4n) is 2.76. The van der Waals surface area contributed by atoms with E-state index in [-0.39, 0.29) is 5.75 Å². The van der Waals surface area contributed by atoms with Crippen LogP contribution >= 0.6 is 0 Å². The lowest BCUT2D eigenvalue weighted by atomic mass is 10.1. The molecule has 0 radical (unpaired) electrons. The van der Waals surface area contributed by atoms with E-state index < -0.39 is 10.0 Å². The molecule has 7 nitrogen and oxygen atoms in total. The molecule has 3 rings (SSSR count). The normalized spacial score (nSPS) is 11.6. The van der Waals surface area contributed by atoms with Crippen molar-refractivity contribution in [2.45, 2.75) is 19.9 Å². The summed E-state index contributed by atoms with van der Waals surface area (Å²) in [6.45, 7) is 3.40. The molecule has 28 heavy (non-hydrogen) atoms. The summed E-state index contributed by atoms with van der Waals surface area (Å²) >= 11 is 0. The van der Waals surface area contributed by atoms with E-state index in [1.165, 1.54) is 0 Å². The van der Waals surface area contributed by atoms with E-state index in [0.29, 0.717) is 26.1 Å². The Morgan fingerprint density at radius 2 is 1.89 bits per heavy atom. The lowest BCUT2D eigenvalue weighted by molar-refractivity contribution is 0.575. The highest BCUT2D eigenvalue weighted by Gasteiger charge is 2.12. The van der Waals surface area contributed by atoms with E-state index >= 15 is 0 Å². The minimum absolute atomic E-state index is 0.105. The molecule has 0 unspecified atom stereocenters. The largest absolute Gasteiger partial charge is 0.312 e. The maximum atomic E-state index is 11.4. The van der Waals surface area contributed by atoms with Gasteiger partial charge in [0, 0.05) is 42.8 Å². The molecule has 8 heteroatoms. The maximum Gasteiger partial charge on any atom is 0.211 e. The van der Waals surface area contributed by atoms with Crippen molar-refractivity contribution in [1.82, 2.24) is 24.8 Å². The lowest BCUT2D eigenvalue weighted by Crippen LogP contribution is -2.28. The SMILES string of the molecule is CCS(=O)(=O)NCCCNCc1cn(-c2ccccc2)nc1-c1cccnc1. The number of sulfonamides is 1. The minimum Gasteiger partial charge on any atom is -0.312 e. The fourth-order valence-corrected chi connectivity index (χ4v) is 3.42. The third-order valence-corrected chi connectivity index (χ3v) is 5.70. The average Bonchev–Trinajstić information content (AvgIpc) is 3.16. The van der Waals surface area contributed by atoms with Crippen LogP contribution in [0.3, 0.4) is 0 Å². The van der Waals surface area contributed by atoms with E-state index in [9.17, 15) is 8.42 Å². The van der Waals surface area contributed by atoms with Crippen LogP contribution in [0.25, 0.3) is 16.9 Å². The van der Waals surface area contributed by atoms with E-state index in [0.717, 1.165) is 22.5 Å². The Kier molecular flexibility index (Phi) is 6.91. The topological polar surface area (TPSA) is 88.9 Å². The highest BCUT2D eigenvalue weighted by molar-refractivity contribution is 7.89. The molecule has 0 saturated heterocycles. The van der Waals surface area contributed by atoms with Gasteiger partial charge in [-0.05, 0) is 44.2 Å². The van der Waals surface area contributed by atoms with Crippen LogP contribution in [0.5, 0.6) is 0 Å². The van der Waals surface area contributed by atoms with Crippen LogP contribution in [0.2, 0.25) is 0 Å². The van der Waals surface area contributed by atoms with Crippen LogP contribution in [0.1, 0.15) is 18.9 Å². The van der Waals surface area contributed by atoms with Gasteiger partial charge in [-0.15, -0.1) is 0 Å². The first-order valence-corrected chi connectivity index (χ1v) is 11.0. The summed E-state index contributed by atoms with van der Waals surface area (Å²) in [6.07, 6.45) is 6.28. The molecule has 0 aliphatic carbocycles. The van der Waals surface area contributed by atoms with Crippen molar-refractivity contribution in [2.24, 2.45) is 0 Å². The summed E-state index contributed by atoms with van der Waals surface area (Å²) in [5.74, 6) is 0.105. The number of aromatic nitrogens is 3. The second-order valence-electron chi connectivity index (χ2n) is 6.35. The number of benzene rings is 1. The van der Waals surface area contributed by atoms with E-state index in [1.807, 2.05) is 53.3 Å². The molecule has 1 aromatic carbocycles. The first-order valence-electron chi connectivity index (χ1n) is 9.31. The first kappa shape index (κ1) is 20.2. The first-order chi connectivity index (χ1) is 13.6. The summed E-state index contributed by atoms with van der Waals surface area (Å²) in [6, 6.07) is 13.9. The number of nitrogens with one attached hydrogen (secondary N) is 2. The number of hydrogen-bond donors (Lipinski definition) is 2. The van der Waals surface area contributed by atoms with E-state index in [1.54, 1.807) is 19.3 Å². The molecule has 2 N–H and O–H groups in total. The summed E-state index contributed by atoms with van der Waals surface area (Å²) in [4.78, 5) is 4.20. The molecule has 3 aromatic rings. The Labute approximate surface area is 165 Å². The summed E-state index contributed by atoms with van der Waals surface area (Å²) < 4.78 is 27.3. The Hall–Kier alpha value is -2.55. The van der Waals surface area contributed by atoms with E-state index in [4.69, 9.17) is 5.10 Å². The van der Waals surface area contributed by atoms with Crippen LogP contribution in [-0.4, -0.2) is 42.0 Å². The Bertz CT molecular complexity index is 972. The zero-order valence-electron chi connectivity index (χ0n) is 15.9.